The Hall–Kier alpha value is -4.14. The highest BCUT2D eigenvalue weighted by molar-refractivity contribution is 6.76. The first kappa shape index (κ1) is 38.1. The molecular formula is C40H51F3N6O4Si. The molecule has 0 bridgehead atoms. The van der Waals surface area contributed by atoms with E-state index >= 15 is 0 Å². The molecule has 54 heavy (non-hydrogen) atoms. The summed E-state index contributed by atoms with van der Waals surface area (Å²) in [6, 6.07) is 18.1. The van der Waals surface area contributed by atoms with Gasteiger partial charge in [0.25, 0.3) is 0 Å². The molecule has 4 aromatic rings. The summed E-state index contributed by atoms with van der Waals surface area (Å²) < 4.78 is 63.2. The van der Waals surface area contributed by atoms with Gasteiger partial charge in [0.15, 0.2) is 0 Å². The summed E-state index contributed by atoms with van der Waals surface area (Å²) in [6.45, 7) is 11.8. The zero-order valence-electron chi connectivity index (χ0n) is 31.4. The summed E-state index contributed by atoms with van der Waals surface area (Å²) >= 11 is 0. The number of fused-ring (bicyclic) bond motifs is 1. The lowest BCUT2D eigenvalue weighted by Gasteiger charge is -2.53. The number of likely N-dealkylation sites (tertiary alicyclic amines) is 1. The molecular weight excluding hydrogens is 714 g/mol. The lowest BCUT2D eigenvalue weighted by atomic mass is 9.64. The van der Waals surface area contributed by atoms with E-state index in [4.69, 9.17) is 14.2 Å². The van der Waals surface area contributed by atoms with Crippen molar-refractivity contribution in [2.45, 2.75) is 76.9 Å². The number of hydrogen-bond acceptors (Lipinski definition) is 8. The number of amides is 1. The molecule has 4 heterocycles. The minimum atomic E-state index is -4.42. The van der Waals surface area contributed by atoms with Crippen molar-refractivity contribution in [3.8, 4) is 11.3 Å². The van der Waals surface area contributed by atoms with Crippen molar-refractivity contribution >= 4 is 36.7 Å². The van der Waals surface area contributed by atoms with E-state index in [9.17, 15) is 18.0 Å². The van der Waals surface area contributed by atoms with Gasteiger partial charge in [-0.3, -0.25) is 0 Å². The second-order valence-corrected chi connectivity index (χ2v) is 21.9. The van der Waals surface area contributed by atoms with Gasteiger partial charge in [-0.15, -0.1) is 0 Å². The number of aromatic nitrogens is 3. The summed E-state index contributed by atoms with van der Waals surface area (Å²) in [4.78, 5) is 25.8. The monoisotopic (exact) mass is 764 g/mol. The van der Waals surface area contributed by atoms with Crippen molar-refractivity contribution < 1.29 is 32.2 Å². The van der Waals surface area contributed by atoms with Gasteiger partial charge in [-0.25, -0.2) is 14.8 Å². The third kappa shape index (κ3) is 8.87. The molecule has 2 saturated heterocycles. The van der Waals surface area contributed by atoms with E-state index in [1.807, 2.05) is 47.0 Å². The lowest BCUT2D eigenvalue weighted by Crippen LogP contribution is -2.60. The van der Waals surface area contributed by atoms with Gasteiger partial charge in [0, 0.05) is 52.0 Å². The number of morpholine rings is 1. The Morgan fingerprint density at radius 1 is 1.02 bits per heavy atom. The van der Waals surface area contributed by atoms with E-state index in [-0.39, 0.29) is 18.1 Å². The average molecular weight is 765 g/mol. The molecule has 2 aliphatic heterocycles. The molecule has 3 fully saturated rings. The zero-order valence-corrected chi connectivity index (χ0v) is 32.4. The van der Waals surface area contributed by atoms with Crippen LogP contribution >= 0.6 is 0 Å². The van der Waals surface area contributed by atoms with E-state index in [1.54, 1.807) is 23.4 Å². The number of hydrogen-bond donors (Lipinski definition) is 1. The molecule has 2 aromatic heterocycles. The number of ether oxygens (including phenoxy) is 3. The normalized spacial score (nSPS) is 18.5. The van der Waals surface area contributed by atoms with Crippen molar-refractivity contribution in [2.75, 3.05) is 56.2 Å². The number of anilines is 2. The first-order valence-electron chi connectivity index (χ1n) is 19.0. The van der Waals surface area contributed by atoms with E-state index in [0.29, 0.717) is 71.0 Å². The second kappa shape index (κ2) is 15.9. The van der Waals surface area contributed by atoms with Crippen molar-refractivity contribution in [2.24, 2.45) is 11.3 Å². The Kier molecular flexibility index (Phi) is 11.2. The van der Waals surface area contributed by atoms with Crippen LogP contribution in [0.5, 0.6) is 0 Å². The number of nitrogens with one attached hydrogen (secondary N) is 1. The molecule has 14 heteroatoms. The lowest BCUT2D eigenvalue weighted by molar-refractivity contribution is -0.159. The summed E-state index contributed by atoms with van der Waals surface area (Å²) in [5, 5.41) is 3.76. The fourth-order valence-corrected chi connectivity index (χ4v) is 8.73. The summed E-state index contributed by atoms with van der Waals surface area (Å²) in [7, 11) is -1.30. The summed E-state index contributed by atoms with van der Waals surface area (Å²) in [5.74, 6) is 0.269. The second-order valence-electron chi connectivity index (χ2n) is 16.3. The van der Waals surface area contributed by atoms with Gasteiger partial charge in [-0.05, 0) is 67.0 Å². The molecule has 10 nitrogen and oxygen atoms in total. The van der Waals surface area contributed by atoms with Crippen LogP contribution in [0.4, 0.5) is 29.5 Å². The van der Waals surface area contributed by atoms with Crippen LogP contribution in [0.15, 0.2) is 67.0 Å². The highest BCUT2D eigenvalue weighted by Gasteiger charge is 2.52. The molecule has 3 aliphatic rings. The minimum Gasteiger partial charge on any atom is -0.445 e. The van der Waals surface area contributed by atoms with Crippen LogP contribution in [0.2, 0.25) is 25.7 Å². The van der Waals surface area contributed by atoms with E-state index in [2.05, 4.69) is 45.9 Å². The van der Waals surface area contributed by atoms with Gasteiger partial charge in [0.1, 0.15) is 37.2 Å². The van der Waals surface area contributed by atoms with E-state index in [1.165, 1.54) is 0 Å². The first-order valence-corrected chi connectivity index (χ1v) is 22.7. The standard InChI is InChI=1S/C40H51F3N6O4Si/c1-54(2,3)22-21-52-28-49-34(23-33-36(44-27-45-37(33)49)47-17-19-51-20-18-47)30-9-11-32(12-10-30)46-35(40(41,42)43)31-13-15-39(16-14-31)25-48(26-39)38(50)53-24-29-7-5-4-6-8-29/h4-12,23,27,31,35,46H,13-22,24-26,28H2,1-3H3. The molecule has 1 atom stereocenters. The maximum Gasteiger partial charge on any atom is 0.410 e. The smallest absolute Gasteiger partial charge is 0.410 e. The van der Waals surface area contributed by atoms with Crippen LogP contribution in [0.3, 0.4) is 0 Å². The number of rotatable bonds is 12. The van der Waals surface area contributed by atoms with Gasteiger partial charge < -0.3 is 33.9 Å². The van der Waals surface area contributed by atoms with Gasteiger partial charge in [0.05, 0.1) is 24.3 Å². The summed E-state index contributed by atoms with van der Waals surface area (Å²) in [6.07, 6.45) is -1.05. The van der Waals surface area contributed by atoms with Gasteiger partial charge in [-0.1, -0.05) is 62.1 Å². The van der Waals surface area contributed by atoms with Crippen LogP contribution in [0, 0.1) is 11.3 Å². The third-order valence-electron chi connectivity index (χ3n) is 11.1. The highest BCUT2D eigenvalue weighted by atomic mass is 28.3. The van der Waals surface area contributed by atoms with Gasteiger partial charge in [-0.2, -0.15) is 13.2 Å². The number of nitrogens with zero attached hydrogens (tertiary/aromatic N) is 5. The number of carbonyl (C=O) groups excluding carboxylic acids is 1. The Morgan fingerprint density at radius 2 is 1.72 bits per heavy atom. The molecule has 1 N–H and O–H groups in total. The van der Waals surface area contributed by atoms with Crippen LogP contribution in [-0.2, 0) is 27.5 Å². The number of halogens is 3. The number of carbonyl (C=O) groups is 1. The quantitative estimate of drug-likeness (QED) is 0.114. The maximum atomic E-state index is 14.6. The van der Waals surface area contributed by atoms with Crippen molar-refractivity contribution in [3.05, 3.63) is 72.6 Å². The predicted molar refractivity (Wildman–Crippen MR) is 206 cm³/mol. The number of alkyl halides is 3. The Balaban J connectivity index is 1.02. The van der Waals surface area contributed by atoms with Crippen LogP contribution in [-0.4, -0.2) is 91.8 Å². The Labute approximate surface area is 316 Å². The largest absolute Gasteiger partial charge is 0.445 e. The SMILES string of the molecule is C[Si](C)(C)CCOCn1c(-c2ccc(NC(C3CCC4(CC3)CN(C(=O)OCc3ccccc3)C4)C(F)(F)F)cc2)cc2c(N3CCOCC3)ncnc21. The third-order valence-corrected chi connectivity index (χ3v) is 12.8. The number of benzene rings is 2. The molecule has 1 spiro atoms. The molecule has 1 aliphatic carbocycles. The highest BCUT2D eigenvalue weighted by Crippen LogP contribution is 2.48. The minimum absolute atomic E-state index is 0.136. The van der Waals surface area contributed by atoms with E-state index < -0.39 is 26.2 Å². The average Bonchev–Trinajstić information content (AvgIpc) is 3.52. The fraction of sp³-hybridized carbons (Fsp3) is 0.525. The van der Waals surface area contributed by atoms with Crippen LogP contribution in [0.25, 0.3) is 22.3 Å². The Bertz CT molecular complexity index is 1860. The van der Waals surface area contributed by atoms with Crippen LogP contribution < -0.4 is 10.2 Å². The van der Waals surface area contributed by atoms with Crippen molar-refractivity contribution in [3.63, 3.8) is 0 Å². The first-order chi connectivity index (χ1) is 25.9. The van der Waals surface area contributed by atoms with E-state index in [0.717, 1.165) is 52.8 Å². The van der Waals surface area contributed by atoms with Crippen LogP contribution in [0.1, 0.15) is 31.2 Å². The molecule has 0 radical (unpaired) electrons. The molecule has 1 saturated carbocycles. The van der Waals surface area contributed by atoms with Crippen molar-refractivity contribution in [1.29, 1.82) is 0 Å². The maximum absolute atomic E-state index is 14.6. The zero-order chi connectivity index (χ0) is 37.9. The molecule has 1 amide bonds. The predicted octanol–water partition coefficient (Wildman–Crippen LogP) is 8.42. The molecule has 1 unspecified atom stereocenters. The van der Waals surface area contributed by atoms with Crippen molar-refractivity contribution in [1.82, 2.24) is 19.4 Å². The molecule has 290 valence electrons. The molecule has 7 rings (SSSR count). The fourth-order valence-electron chi connectivity index (χ4n) is 7.97. The topological polar surface area (TPSA) is 94.0 Å². The molecule has 2 aromatic carbocycles. The van der Waals surface area contributed by atoms with Gasteiger partial charge >= 0.3 is 12.3 Å². The summed E-state index contributed by atoms with van der Waals surface area (Å²) in [5.41, 5.74) is 3.66. The van der Waals surface area contributed by atoms with Gasteiger partial charge in [0.2, 0.25) is 0 Å². The Morgan fingerprint density at radius 3 is 2.39 bits per heavy atom.